The molecule has 3 atom stereocenters. The molecule has 0 spiro atoms. The van der Waals surface area contributed by atoms with E-state index in [-0.39, 0.29) is 11.6 Å². The van der Waals surface area contributed by atoms with E-state index in [0.29, 0.717) is 10.6 Å². The van der Waals surface area contributed by atoms with Crippen LogP contribution in [0.5, 0.6) is 0 Å². The second-order valence-corrected chi connectivity index (χ2v) is 8.15. The molecular weight excluding hydrogens is 388 g/mol. The van der Waals surface area contributed by atoms with Crippen molar-refractivity contribution < 1.29 is 14.6 Å². The highest BCUT2D eigenvalue weighted by atomic mass is 32.1. The quantitative estimate of drug-likeness (QED) is 0.312. The first-order valence-electron chi connectivity index (χ1n) is 9.40. The number of thiol groups is 1. The molecule has 1 aliphatic carbocycles. The van der Waals surface area contributed by atoms with Gasteiger partial charge in [0.2, 0.25) is 11.8 Å². The number of allylic oxidation sites excluding steroid dienone is 1. The Balaban J connectivity index is 1.92. The van der Waals surface area contributed by atoms with Gasteiger partial charge in [0.15, 0.2) is 12.4 Å². The summed E-state index contributed by atoms with van der Waals surface area (Å²) in [4.78, 5) is 10.6. The highest BCUT2D eigenvalue weighted by Crippen LogP contribution is 2.52. The van der Waals surface area contributed by atoms with Crippen molar-refractivity contribution in [2.24, 2.45) is 5.92 Å². The molecule has 0 radical (unpaired) electrons. The first kappa shape index (κ1) is 19.4. The summed E-state index contributed by atoms with van der Waals surface area (Å²) < 4.78 is 1.93. The number of nitrogens with one attached hydrogen (secondary N) is 1. The van der Waals surface area contributed by atoms with Gasteiger partial charge >= 0.3 is 0 Å². The Labute approximate surface area is 173 Å². The largest absolute Gasteiger partial charge is 0.365 e. The number of hydrogen-bond donors (Lipinski definition) is 3. The third-order valence-electron chi connectivity index (χ3n) is 5.73. The SMILES string of the molecule is Cc1ccc[n+]([C@@H]2[C@@H](c3ccc([N+](=O)[O-])cc3)C(C#N)=C(S)N[C@@]2(O)C2CC2)c1. The second kappa shape index (κ2) is 7.17. The van der Waals surface area contributed by atoms with Gasteiger partial charge in [-0.05, 0) is 31.4 Å². The highest BCUT2D eigenvalue weighted by Gasteiger charge is 2.60. The lowest BCUT2D eigenvalue weighted by atomic mass is 9.76. The Morgan fingerprint density at radius 3 is 2.59 bits per heavy atom. The minimum atomic E-state index is -1.29. The summed E-state index contributed by atoms with van der Waals surface area (Å²) >= 11 is 4.48. The third-order valence-corrected chi connectivity index (χ3v) is 6.08. The van der Waals surface area contributed by atoms with Crippen molar-refractivity contribution in [3.63, 3.8) is 0 Å². The monoisotopic (exact) mass is 409 g/mol. The molecule has 1 fully saturated rings. The highest BCUT2D eigenvalue weighted by molar-refractivity contribution is 7.84. The Morgan fingerprint density at radius 2 is 2.03 bits per heavy atom. The molecule has 2 aliphatic rings. The molecule has 2 heterocycles. The van der Waals surface area contributed by atoms with Crippen molar-refractivity contribution in [1.29, 1.82) is 5.26 Å². The van der Waals surface area contributed by atoms with E-state index >= 15 is 0 Å². The van der Waals surface area contributed by atoms with Crippen LogP contribution in [-0.4, -0.2) is 15.8 Å². The number of aliphatic hydroxyl groups is 1. The van der Waals surface area contributed by atoms with E-state index in [2.05, 4.69) is 24.0 Å². The summed E-state index contributed by atoms with van der Waals surface area (Å²) in [6.07, 6.45) is 5.57. The third kappa shape index (κ3) is 3.37. The maximum absolute atomic E-state index is 11.7. The smallest absolute Gasteiger partial charge is 0.269 e. The number of nitriles is 1. The Kier molecular flexibility index (Phi) is 4.81. The maximum atomic E-state index is 11.7. The lowest BCUT2D eigenvalue weighted by Gasteiger charge is -2.42. The van der Waals surface area contributed by atoms with E-state index in [4.69, 9.17) is 0 Å². The number of rotatable bonds is 4. The molecule has 0 saturated heterocycles. The van der Waals surface area contributed by atoms with Crippen LogP contribution in [0.2, 0.25) is 0 Å². The van der Waals surface area contributed by atoms with Gasteiger partial charge in [0.05, 0.1) is 27.5 Å². The number of nitro groups is 1. The fourth-order valence-electron chi connectivity index (χ4n) is 4.22. The zero-order chi connectivity index (χ0) is 20.8. The van der Waals surface area contributed by atoms with Crippen LogP contribution in [0.1, 0.15) is 35.9 Å². The number of nitrogens with zero attached hydrogens (tertiary/aromatic N) is 3. The van der Waals surface area contributed by atoms with Crippen molar-refractivity contribution in [2.75, 3.05) is 0 Å². The fourth-order valence-corrected chi connectivity index (χ4v) is 4.59. The lowest BCUT2D eigenvalue weighted by molar-refractivity contribution is -0.742. The summed E-state index contributed by atoms with van der Waals surface area (Å²) in [6, 6.07) is 11.8. The normalized spacial score (nSPS) is 26.6. The van der Waals surface area contributed by atoms with E-state index in [1.807, 2.05) is 36.0 Å². The van der Waals surface area contributed by atoms with Crippen LogP contribution in [0.25, 0.3) is 0 Å². The van der Waals surface area contributed by atoms with Crippen molar-refractivity contribution in [3.8, 4) is 6.07 Å². The van der Waals surface area contributed by atoms with Crippen molar-refractivity contribution >= 4 is 18.3 Å². The molecule has 2 aromatic rings. The average molecular weight is 409 g/mol. The lowest BCUT2D eigenvalue weighted by Crippen LogP contribution is -2.65. The number of pyridine rings is 1. The van der Waals surface area contributed by atoms with E-state index < -0.39 is 22.6 Å². The standard InChI is InChI=1S/C21H20N4O3S/c1-13-3-2-10-24(12-13)19-18(14-4-8-16(9-5-14)25(27)28)17(11-22)20(29)23-21(19,26)15-6-7-15/h2-5,8-10,12,15,18-19,23,26H,6-7H2,1H3/p+1/t18-,19+,21+/m0/s1. The maximum Gasteiger partial charge on any atom is 0.269 e. The summed E-state index contributed by atoms with van der Waals surface area (Å²) in [6.45, 7) is 1.97. The summed E-state index contributed by atoms with van der Waals surface area (Å²) in [5.74, 6) is -0.476. The number of non-ortho nitro benzene ring substituents is 1. The molecule has 8 heteroatoms. The number of aromatic nitrogens is 1. The van der Waals surface area contributed by atoms with E-state index in [0.717, 1.165) is 24.0 Å². The molecule has 7 nitrogen and oxygen atoms in total. The van der Waals surface area contributed by atoms with Gasteiger partial charge in [0.1, 0.15) is 0 Å². The molecule has 1 aromatic heterocycles. The zero-order valence-electron chi connectivity index (χ0n) is 15.8. The van der Waals surface area contributed by atoms with Crippen molar-refractivity contribution in [1.82, 2.24) is 5.32 Å². The van der Waals surface area contributed by atoms with Crippen molar-refractivity contribution in [2.45, 2.75) is 37.5 Å². The molecule has 0 unspecified atom stereocenters. The molecule has 1 aromatic carbocycles. The zero-order valence-corrected chi connectivity index (χ0v) is 16.7. The number of aryl methyl sites for hydroxylation is 1. The van der Waals surface area contributed by atoms with Gasteiger partial charge in [-0.2, -0.15) is 9.83 Å². The molecule has 1 saturated carbocycles. The van der Waals surface area contributed by atoms with Crippen LogP contribution < -0.4 is 9.88 Å². The summed E-state index contributed by atoms with van der Waals surface area (Å²) in [5.41, 5.74) is 0.827. The topological polar surface area (TPSA) is 103 Å². The minimum absolute atomic E-state index is 0.0199. The van der Waals surface area contributed by atoms with Gasteiger partial charge in [-0.25, -0.2) is 0 Å². The molecule has 148 valence electrons. The van der Waals surface area contributed by atoms with Gasteiger partial charge < -0.3 is 10.4 Å². The Bertz CT molecular complexity index is 1040. The van der Waals surface area contributed by atoms with E-state index in [1.165, 1.54) is 12.1 Å². The molecule has 2 N–H and O–H groups in total. The first-order chi connectivity index (χ1) is 13.8. The number of benzene rings is 1. The molecular formula is C21H21N4O3S+. The molecule has 1 aliphatic heterocycles. The predicted molar refractivity (Wildman–Crippen MR) is 109 cm³/mol. The van der Waals surface area contributed by atoms with E-state index in [9.17, 15) is 20.5 Å². The van der Waals surface area contributed by atoms with Crippen LogP contribution in [0.15, 0.2) is 59.4 Å². The molecule has 0 amide bonds. The van der Waals surface area contributed by atoms with Crippen LogP contribution in [0, 0.1) is 34.3 Å². The molecule has 0 bridgehead atoms. The van der Waals surface area contributed by atoms with Crippen LogP contribution in [0.3, 0.4) is 0 Å². The Hall–Kier alpha value is -2.89. The van der Waals surface area contributed by atoms with E-state index in [1.54, 1.807) is 12.1 Å². The Morgan fingerprint density at radius 1 is 1.34 bits per heavy atom. The molecule has 4 rings (SSSR count). The van der Waals surface area contributed by atoms with Gasteiger partial charge in [0.25, 0.3) is 5.69 Å². The predicted octanol–water partition coefficient (Wildman–Crippen LogP) is 2.88. The van der Waals surface area contributed by atoms with Crippen molar-refractivity contribution in [3.05, 3.63) is 80.6 Å². The van der Waals surface area contributed by atoms with Gasteiger partial charge in [0, 0.05) is 29.7 Å². The summed E-state index contributed by atoms with van der Waals surface area (Å²) in [7, 11) is 0. The number of nitro benzene ring substituents is 1. The minimum Gasteiger partial charge on any atom is -0.365 e. The molecule has 29 heavy (non-hydrogen) atoms. The van der Waals surface area contributed by atoms with Gasteiger partial charge in [-0.1, -0.05) is 12.1 Å². The number of hydrogen-bond acceptors (Lipinski definition) is 6. The average Bonchev–Trinajstić information content (AvgIpc) is 3.53. The van der Waals surface area contributed by atoms with Gasteiger partial charge in [-0.15, -0.1) is 12.6 Å². The fraction of sp³-hybridized carbons (Fsp3) is 0.333. The second-order valence-electron chi connectivity index (χ2n) is 7.70. The van der Waals surface area contributed by atoms with Gasteiger partial charge in [-0.3, -0.25) is 10.1 Å². The van der Waals surface area contributed by atoms with Crippen LogP contribution in [0.4, 0.5) is 5.69 Å². The first-order valence-corrected chi connectivity index (χ1v) is 9.85. The van der Waals surface area contributed by atoms with Crippen LogP contribution in [-0.2, 0) is 0 Å². The summed E-state index contributed by atoms with van der Waals surface area (Å²) in [5, 5.41) is 36.1. The van der Waals surface area contributed by atoms with Crippen LogP contribution >= 0.6 is 12.6 Å².